The molecular formula is C15H17ClINO. The number of halogens is 2. The highest BCUT2D eigenvalue weighted by molar-refractivity contribution is 14.1. The molecule has 0 aliphatic heterocycles. The second-order valence-corrected chi connectivity index (χ2v) is 5.58. The molecule has 0 aliphatic rings. The summed E-state index contributed by atoms with van der Waals surface area (Å²) in [7, 11) is 0. The van der Waals surface area contributed by atoms with Gasteiger partial charge >= 0.3 is 0 Å². The van der Waals surface area contributed by atoms with Crippen LogP contribution in [0.5, 0.6) is 0 Å². The molecule has 0 radical (unpaired) electrons. The van der Waals surface area contributed by atoms with Gasteiger partial charge in [-0.3, -0.25) is 0 Å². The third-order valence-corrected chi connectivity index (χ3v) is 3.61. The molecule has 2 rings (SSSR count). The first-order valence-corrected chi connectivity index (χ1v) is 6.98. The first-order chi connectivity index (χ1) is 8.66. The molecule has 0 amide bonds. The molecule has 3 N–H and O–H groups in total. The maximum Gasteiger partial charge on any atom is 0.0773 e. The van der Waals surface area contributed by atoms with Gasteiger partial charge in [-0.2, -0.15) is 0 Å². The van der Waals surface area contributed by atoms with Crippen LogP contribution in [0.15, 0.2) is 54.6 Å². The Morgan fingerprint density at radius 2 is 1.74 bits per heavy atom. The predicted octanol–water partition coefficient (Wildman–Crippen LogP) is 3.32. The summed E-state index contributed by atoms with van der Waals surface area (Å²) in [4.78, 5) is 0. The summed E-state index contributed by atoms with van der Waals surface area (Å²) in [6.07, 6.45) is 0.0126. The smallest absolute Gasteiger partial charge is 0.0773 e. The van der Waals surface area contributed by atoms with Crippen LogP contribution in [0.2, 0.25) is 0 Å². The molecule has 0 heterocycles. The van der Waals surface area contributed by atoms with E-state index in [2.05, 4.69) is 22.6 Å². The third kappa shape index (κ3) is 4.76. The number of hydrogen-bond acceptors (Lipinski definition) is 2. The number of hydrogen-bond donors (Lipinski definition) is 2. The van der Waals surface area contributed by atoms with Crippen LogP contribution in [-0.4, -0.2) is 11.2 Å². The average molecular weight is 390 g/mol. The Balaban J connectivity index is 0.00000180. The van der Waals surface area contributed by atoms with Gasteiger partial charge in [0.2, 0.25) is 0 Å². The van der Waals surface area contributed by atoms with Crippen LogP contribution in [0.3, 0.4) is 0 Å². The van der Waals surface area contributed by atoms with Gasteiger partial charge in [0.1, 0.15) is 0 Å². The van der Waals surface area contributed by atoms with Crippen molar-refractivity contribution in [2.45, 2.75) is 18.6 Å². The minimum Gasteiger partial charge on any atom is -0.391 e. The molecule has 0 aromatic heterocycles. The van der Waals surface area contributed by atoms with Crippen LogP contribution < -0.4 is 5.73 Å². The van der Waals surface area contributed by atoms with Gasteiger partial charge in [-0.05, 0) is 45.9 Å². The fourth-order valence-corrected chi connectivity index (χ4v) is 2.49. The lowest BCUT2D eigenvalue weighted by Gasteiger charge is -2.19. The Morgan fingerprint density at radius 3 is 2.37 bits per heavy atom. The van der Waals surface area contributed by atoms with E-state index < -0.39 is 6.10 Å². The summed E-state index contributed by atoms with van der Waals surface area (Å²) in [6, 6.07) is 17.5. The lowest BCUT2D eigenvalue weighted by molar-refractivity contribution is 0.145. The predicted molar refractivity (Wildman–Crippen MR) is 89.5 cm³/mol. The fourth-order valence-electron chi connectivity index (χ4n) is 1.92. The minimum atomic E-state index is -0.564. The minimum absolute atomic E-state index is 0. The maximum absolute atomic E-state index is 10.2. The van der Waals surface area contributed by atoms with Crippen molar-refractivity contribution >= 4 is 35.0 Å². The second kappa shape index (κ2) is 7.85. The molecule has 0 saturated heterocycles. The van der Waals surface area contributed by atoms with Crippen molar-refractivity contribution in [3.63, 3.8) is 0 Å². The quantitative estimate of drug-likeness (QED) is 0.788. The number of aliphatic hydroxyl groups excluding tert-OH is 1. The van der Waals surface area contributed by atoms with Crippen LogP contribution in [0.25, 0.3) is 0 Å². The molecule has 0 bridgehead atoms. The van der Waals surface area contributed by atoms with E-state index in [4.69, 9.17) is 5.73 Å². The zero-order chi connectivity index (χ0) is 13.0. The lowest BCUT2D eigenvalue weighted by Crippen LogP contribution is -2.28. The summed E-state index contributed by atoms with van der Waals surface area (Å²) in [5.41, 5.74) is 8.18. The highest BCUT2D eigenvalue weighted by Crippen LogP contribution is 2.19. The topological polar surface area (TPSA) is 46.2 Å². The van der Waals surface area contributed by atoms with Gasteiger partial charge < -0.3 is 10.8 Å². The van der Waals surface area contributed by atoms with Gasteiger partial charge in [0.15, 0.2) is 0 Å². The van der Waals surface area contributed by atoms with E-state index >= 15 is 0 Å². The fraction of sp³-hybridized carbons (Fsp3) is 0.200. The van der Waals surface area contributed by atoms with Crippen LogP contribution in [-0.2, 0) is 6.42 Å². The van der Waals surface area contributed by atoms with E-state index in [0.29, 0.717) is 6.42 Å². The first-order valence-electron chi connectivity index (χ1n) is 5.90. The highest BCUT2D eigenvalue weighted by atomic mass is 127. The van der Waals surface area contributed by atoms with Crippen molar-refractivity contribution in [1.29, 1.82) is 0 Å². The van der Waals surface area contributed by atoms with Crippen molar-refractivity contribution < 1.29 is 5.11 Å². The Morgan fingerprint density at radius 1 is 1.05 bits per heavy atom. The van der Waals surface area contributed by atoms with E-state index in [1.165, 1.54) is 0 Å². The van der Waals surface area contributed by atoms with Gasteiger partial charge in [-0.1, -0.05) is 42.5 Å². The van der Waals surface area contributed by atoms with E-state index in [0.717, 1.165) is 14.7 Å². The van der Waals surface area contributed by atoms with Crippen molar-refractivity contribution in [3.05, 3.63) is 69.3 Å². The van der Waals surface area contributed by atoms with Crippen LogP contribution in [0, 0.1) is 3.57 Å². The molecule has 0 aliphatic carbocycles. The van der Waals surface area contributed by atoms with E-state index in [9.17, 15) is 5.11 Å². The average Bonchev–Trinajstić information content (AvgIpc) is 2.39. The van der Waals surface area contributed by atoms with Gasteiger partial charge in [0.25, 0.3) is 0 Å². The zero-order valence-electron chi connectivity index (χ0n) is 10.4. The molecule has 102 valence electrons. The monoisotopic (exact) mass is 389 g/mol. The number of benzene rings is 2. The van der Waals surface area contributed by atoms with Crippen LogP contribution >= 0.6 is 35.0 Å². The summed E-state index contributed by atoms with van der Waals surface area (Å²) in [5, 5.41) is 10.2. The highest BCUT2D eigenvalue weighted by Gasteiger charge is 2.17. The summed E-state index contributed by atoms with van der Waals surface area (Å²) in [6.45, 7) is 0. The van der Waals surface area contributed by atoms with Crippen molar-refractivity contribution in [2.24, 2.45) is 5.73 Å². The second-order valence-electron chi connectivity index (χ2n) is 4.34. The number of rotatable bonds is 4. The summed E-state index contributed by atoms with van der Waals surface area (Å²) in [5.74, 6) is 0. The largest absolute Gasteiger partial charge is 0.391 e. The maximum atomic E-state index is 10.2. The van der Waals surface area contributed by atoms with Crippen LogP contribution in [0.1, 0.15) is 17.2 Å². The molecule has 4 heteroatoms. The van der Waals surface area contributed by atoms with E-state index in [1.54, 1.807) is 0 Å². The first kappa shape index (κ1) is 16.4. The van der Waals surface area contributed by atoms with Crippen molar-refractivity contribution in [1.82, 2.24) is 0 Å². The molecule has 2 nitrogen and oxygen atoms in total. The van der Waals surface area contributed by atoms with E-state index in [-0.39, 0.29) is 18.4 Å². The molecule has 0 saturated carbocycles. The molecule has 19 heavy (non-hydrogen) atoms. The SMILES string of the molecule is Cl.N[C@@H](c1cccc(I)c1)[C@H](O)Cc1ccccc1. The van der Waals surface area contributed by atoms with Gasteiger partial charge in [-0.25, -0.2) is 0 Å². The molecule has 0 unspecified atom stereocenters. The standard InChI is InChI=1S/C15H16INO.ClH/c16-13-8-4-7-12(10-13)15(17)14(18)9-11-5-2-1-3-6-11;/h1-8,10,14-15,18H,9,17H2;1H/t14-,15+;/m1./s1. The molecule has 2 aromatic rings. The molecule has 2 atom stereocenters. The third-order valence-electron chi connectivity index (χ3n) is 2.94. The Labute approximate surface area is 133 Å². The molecular weight excluding hydrogens is 373 g/mol. The number of nitrogens with two attached hydrogens (primary N) is 1. The van der Waals surface area contributed by atoms with Gasteiger partial charge in [0, 0.05) is 9.99 Å². The molecule has 0 spiro atoms. The molecule has 2 aromatic carbocycles. The van der Waals surface area contributed by atoms with Crippen molar-refractivity contribution in [3.8, 4) is 0 Å². The summed E-state index contributed by atoms with van der Waals surface area (Å²) < 4.78 is 1.13. The number of aliphatic hydroxyl groups is 1. The van der Waals surface area contributed by atoms with Crippen LogP contribution in [0.4, 0.5) is 0 Å². The summed E-state index contributed by atoms with van der Waals surface area (Å²) >= 11 is 2.25. The Bertz CT molecular complexity index is 507. The Kier molecular flexibility index (Phi) is 6.79. The zero-order valence-corrected chi connectivity index (χ0v) is 13.3. The van der Waals surface area contributed by atoms with E-state index in [1.807, 2.05) is 54.6 Å². The normalized spacial score (nSPS) is 13.4. The Hall–Kier alpha value is -0.620. The lowest BCUT2D eigenvalue weighted by atomic mass is 9.97. The van der Waals surface area contributed by atoms with Gasteiger partial charge in [-0.15, -0.1) is 12.4 Å². The van der Waals surface area contributed by atoms with Gasteiger partial charge in [0.05, 0.1) is 12.1 Å². The van der Waals surface area contributed by atoms with Crippen molar-refractivity contribution in [2.75, 3.05) is 0 Å². The molecule has 0 fully saturated rings.